The molecule has 5 nitrogen and oxygen atoms in total. The second-order valence-corrected chi connectivity index (χ2v) is 7.78. The molecule has 3 aromatic rings. The Morgan fingerprint density at radius 1 is 1.23 bits per heavy atom. The molecule has 1 aromatic carbocycles. The summed E-state index contributed by atoms with van der Waals surface area (Å²) in [6.45, 7) is 3.71. The molecular weight excluding hydrogens is 368 g/mol. The first-order chi connectivity index (χ1) is 12.4. The molecule has 0 radical (unpaired) electrons. The monoisotopic (exact) mass is 382 g/mol. The molecule has 1 amide bonds. The van der Waals surface area contributed by atoms with Crippen molar-refractivity contribution in [2.45, 2.75) is 13.8 Å². The quantitative estimate of drug-likeness (QED) is 0.508. The van der Waals surface area contributed by atoms with Gasteiger partial charge in [-0.3, -0.25) is 9.78 Å². The van der Waals surface area contributed by atoms with E-state index in [9.17, 15) is 9.90 Å². The summed E-state index contributed by atoms with van der Waals surface area (Å²) in [4.78, 5) is 16.6. The van der Waals surface area contributed by atoms with Crippen molar-refractivity contribution in [1.29, 1.82) is 0 Å². The number of hydrogen-bond donors (Lipinski definition) is 2. The number of phenolic OH excluding ortho intramolecular Hbond substituents is 1. The molecule has 1 fully saturated rings. The molecule has 0 aliphatic carbocycles. The Kier molecular flexibility index (Phi) is 4.05. The summed E-state index contributed by atoms with van der Waals surface area (Å²) >= 11 is 6.22. The third kappa shape index (κ3) is 2.89. The van der Waals surface area contributed by atoms with Gasteiger partial charge < -0.3 is 14.8 Å². The molecule has 1 aliphatic rings. The zero-order valence-electron chi connectivity index (χ0n) is 14.0. The number of phenols is 1. The van der Waals surface area contributed by atoms with Crippen molar-refractivity contribution in [3.8, 4) is 16.9 Å². The van der Waals surface area contributed by atoms with Gasteiger partial charge in [0.2, 0.25) is 0 Å². The summed E-state index contributed by atoms with van der Waals surface area (Å²) in [6, 6.07) is 5.64. The van der Waals surface area contributed by atoms with E-state index in [-0.39, 0.29) is 5.91 Å². The molecule has 130 valence electrons. The number of fused-ring (bicyclic) bond motifs is 1. The molecule has 2 aromatic heterocycles. The van der Waals surface area contributed by atoms with Crippen molar-refractivity contribution in [3.05, 3.63) is 52.4 Å². The number of hydrogen-bond acceptors (Lipinski definition) is 6. The van der Waals surface area contributed by atoms with Gasteiger partial charge in [-0.15, -0.1) is 0 Å². The van der Waals surface area contributed by atoms with Crippen LogP contribution in [0.5, 0.6) is 5.75 Å². The zero-order valence-corrected chi connectivity index (χ0v) is 15.6. The first kappa shape index (κ1) is 16.8. The van der Waals surface area contributed by atoms with Crippen LogP contribution in [0.25, 0.3) is 28.2 Å². The molecule has 0 spiro atoms. The van der Waals surface area contributed by atoms with Crippen molar-refractivity contribution in [2.24, 2.45) is 0 Å². The lowest BCUT2D eigenvalue weighted by Crippen LogP contribution is -2.17. The highest BCUT2D eigenvalue weighted by Crippen LogP contribution is 2.35. The van der Waals surface area contributed by atoms with Crippen LogP contribution in [0.15, 0.2) is 39.9 Å². The summed E-state index contributed by atoms with van der Waals surface area (Å²) < 4.78 is 6.43. The third-order valence-electron chi connectivity index (χ3n) is 4.16. The maximum atomic E-state index is 11.8. The van der Waals surface area contributed by atoms with Crippen molar-refractivity contribution in [3.63, 3.8) is 0 Å². The minimum absolute atomic E-state index is 0.219. The predicted octanol–water partition coefficient (Wildman–Crippen LogP) is 4.31. The summed E-state index contributed by atoms with van der Waals surface area (Å²) in [5.41, 5.74) is 4.01. The van der Waals surface area contributed by atoms with E-state index in [4.69, 9.17) is 16.6 Å². The number of thioether (sulfide) groups is 1. The highest BCUT2D eigenvalue weighted by atomic mass is 32.2. The molecule has 0 bridgehead atoms. The normalized spacial score (nSPS) is 15.8. The lowest BCUT2D eigenvalue weighted by molar-refractivity contribution is -0.115. The number of carbonyl (C=O) groups excluding carboxylic acids is 1. The standard InChI is InChI=1S/C19H14N2O3S2/c1-9-3-11(4-10(2)16(9)22)14-8-20-7-12-5-13(24-17(12)14)6-15-18(23)21-19(25)26-15/h3-8,22H,1-2H3,(H,21,23,25)/b15-6+. The lowest BCUT2D eigenvalue weighted by Gasteiger charge is -2.08. The van der Waals surface area contributed by atoms with E-state index in [1.807, 2.05) is 32.0 Å². The van der Waals surface area contributed by atoms with E-state index in [1.165, 1.54) is 11.8 Å². The molecule has 2 N–H and O–H groups in total. The number of aromatic hydroxyl groups is 1. The SMILES string of the molecule is Cc1cc(-c2cncc3cc(/C=C4/SC(=S)NC4=O)oc23)cc(C)c1O. The van der Waals surface area contributed by atoms with Gasteiger partial charge in [0.05, 0.1) is 4.91 Å². The first-order valence-corrected chi connectivity index (χ1v) is 9.08. The number of nitrogens with one attached hydrogen (secondary N) is 1. The van der Waals surface area contributed by atoms with Gasteiger partial charge in [0, 0.05) is 29.4 Å². The number of furan rings is 1. The molecule has 26 heavy (non-hydrogen) atoms. The van der Waals surface area contributed by atoms with E-state index < -0.39 is 0 Å². The zero-order chi connectivity index (χ0) is 18.4. The number of pyridine rings is 1. The van der Waals surface area contributed by atoms with E-state index >= 15 is 0 Å². The number of thiocarbonyl (C=S) groups is 1. The maximum Gasteiger partial charge on any atom is 0.263 e. The second kappa shape index (κ2) is 6.26. The Labute approximate surface area is 159 Å². The van der Waals surface area contributed by atoms with Gasteiger partial charge in [-0.2, -0.15) is 0 Å². The minimum Gasteiger partial charge on any atom is -0.507 e. The van der Waals surface area contributed by atoms with Gasteiger partial charge in [0.25, 0.3) is 5.91 Å². The van der Waals surface area contributed by atoms with Crippen LogP contribution in [0.2, 0.25) is 0 Å². The van der Waals surface area contributed by atoms with Gasteiger partial charge in [0.15, 0.2) is 0 Å². The van der Waals surface area contributed by atoms with Crippen LogP contribution in [0, 0.1) is 13.8 Å². The Bertz CT molecular complexity index is 1090. The number of aromatic nitrogens is 1. The van der Waals surface area contributed by atoms with E-state index in [2.05, 4.69) is 10.3 Å². The first-order valence-electron chi connectivity index (χ1n) is 7.85. The molecule has 1 aliphatic heterocycles. The van der Waals surface area contributed by atoms with Crippen LogP contribution in [-0.4, -0.2) is 20.3 Å². The molecule has 7 heteroatoms. The highest BCUT2D eigenvalue weighted by molar-refractivity contribution is 8.26. The molecule has 0 unspecified atom stereocenters. The van der Waals surface area contributed by atoms with Crippen molar-refractivity contribution >= 4 is 51.3 Å². The minimum atomic E-state index is -0.219. The number of amides is 1. The Balaban J connectivity index is 1.83. The summed E-state index contributed by atoms with van der Waals surface area (Å²) in [7, 11) is 0. The average molecular weight is 382 g/mol. The summed E-state index contributed by atoms with van der Waals surface area (Å²) in [5, 5.41) is 13.4. The van der Waals surface area contributed by atoms with Crippen molar-refractivity contribution in [2.75, 3.05) is 0 Å². The molecule has 1 saturated heterocycles. The maximum absolute atomic E-state index is 11.8. The lowest BCUT2D eigenvalue weighted by atomic mass is 10.00. The van der Waals surface area contributed by atoms with Crippen LogP contribution in [0.1, 0.15) is 16.9 Å². The van der Waals surface area contributed by atoms with Crippen LogP contribution >= 0.6 is 24.0 Å². The highest BCUT2D eigenvalue weighted by Gasteiger charge is 2.23. The number of aryl methyl sites for hydroxylation is 2. The molecule has 0 saturated carbocycles. The van der Waals surface area contributed by atoms with Crippen LogP contribution in [0.3, 0.4) is 0 Å². The van der Waals surface area contributed by atoms with Gasteiger partial charge >= 0.3 is 0 Å². The number of benzene rings is 1. The largest absolute Gasteiger partial charge is 0.507 e. The Morgan fingerprint density at radius 3 is 2.62 bits per heavy atom. The van der Waals surface area contributed by atoms with E-state index in [0.717, 1.165) is 27.6 Å². The fourth-order valence-corrected chi connectivity index (χ4v) is 3.94. The van der Waals surface area contributed by atoms with Crippen molar-refractivity contribution in [1.82, 2.24) is 10.3 Å². The number of nitrogens with zero attached hydrogens (tertiary/aromatic N) is 1. The third-order valence-corrected chi connectivity index (χ3v) is 5.32. The molecule has 0 atom stereocenters. The van der Waals surface area contributed by atoms with Crippen LogP contribution < -0.4 is 5.32 Å². The molecule has 3 heterocycles. The Hall–Kier alpha value is -2.64. The fourth-order valence-electron chi connectivity index (χ4n) is 2.92. The van der Waals surface area contributed by atoms with Gasteiger partial charge in [0.1, 0.15) is 21.4 Å². The Morgan fingerprint density at radius 2 is 1.96 bits per heavy atom. The van der Waals surface area contributed by atoms with Gasteiger partial charge in [-0.05, 0) is 48.7 Å². The summed E-state index contributed by atoms with van der Waals surface area (Å²) in [5.74, 6) is 0.631. The predicted molar refractivity (Wildman–Crippen MR) is 107 cm³/mol. The van der Waals surface area contributed by atoms with E-state index in [0.29, 0.717) is 26.3 Å². The van der Waals surface area contributed by atoms with Crippen molar-refractivity contribution < 1.29 is 14.3 Å². The van der Waals surface area contributed by atoms with Crippen LogP contribution in [-0.2, 0) is 4.79 Å². The number of carbonyl (C=O) groups is 1. The van der Waals surface area contributed by atoms with Gasteiger partial charge in [-0.25, -0.2) is 0 Å². The summed E-state index contributed by atoms with van der Waals surface area (Å²) in [6.07, 6.45) is 5.13. The fraction of sp³-hybridized carbons (Fsp3) is 0.105. The number of rotatable bonds is 2. The van der Waals surface area contributed by atoms with Crippen LogP contribution in [0.4, 0.5) is 0 Å². The molecular formula is C19H14N2O3S2. The average Bonchev–Trinajstić information content (AvgIpc) is 3.14. The smallest absolute Gasteiger partial charge is 0.263 e. The van der Waals surface area contributed by atoms with E-state index in [1.54, 1.807) is 18.5 Å². The molecule has 4 rings (SSSR count). The van der Waals surface area contributed by atoms with Gasteiger partial charge in [-0.1, -0.05) is 24.0 Å². The topological polar surface area (TPSA) is 75.4 Å². The second-order valence-electron chi connectivity index (χ2n) is 6.07.